The second-order valence-corrected chi connectivity index (χ2v) is 7.29. The Morgan fingerprint density at radius 1 is 0.680 bits per heavy atom. The molecule has 0 aromatic rings. The molecule has 0 aromatic carbocycles. The Morgan fingerprint density at radius 3 is 1.56 bits per heavy atom. The molecule has 0 heterocycles. The van der Waals surface area contributed by atoms with Crippen molar-refractivity contribution in [3.8, 4) is 0 Å². The highest BCUT2D eigenvalue weighted by molar-refractivity contribution is 5.72. The Morgan fingerprint density at radius 2 is 1.12 bits per heavy atom. The second-order valence-electron chi connectivity index (χ2n) is 7.29. The van der Waals surface area contributed by atoms with Crippen molar-refractivity contribution < 1.29 is 19.1 Å². The maximum atomic E-state index is 11.5. The molecule has 0 radical (unpaired) electrons. The molecule has 0 aliphatic carbocycles. The predicted octanol–water partition coefficient (Wildman–Crippen LogP) is 5.68. The number of unbranched alkanes of at least 4 members (excludes halogenated alkanes) is 10. The lowest BCUT2D eigenvalue weighted by atomic mass is 9.90. The fraction of sp³-hybridized carbons (Fsp3) is 0.905. The summed E-state index contributed by atoms with van der Waals surface area (Å²) in [7, 11) is 2.92. The lowest BCUT2D eigenvalue weighted by Crippen LogP contribution is -2.20. The number of methoxy groups -OCH3 is 2. The smallest absolute Gasteiger partial charge is 0.308 e. The summed E-state index contributed by atoms with van der Waals surface area (Å²) < 4.78 is 9.43. The molecule has 0 bridgehead atoms. The van der Waals surface area contributed by atoms with Gasteiger partial charge in [-0.2, -0.15) is 0 Å². The van der Waals surface area contributed by atoms with E-state index in [-0.39, 0.29) is 17.9 Å². The monoisotopic (exact) mass is 356 g/mol. The van der Waals surface area contributed by atoms with Crippen molar-refractivity contribution in [3.05, 3.63) is 0 Å². The number of esters is 2. The van der Waals surface area contributed by atoms with Crippen LogP contribution in [0.2, 0.25) is 0 Å². The van der Waals surface area contributed by atoms with Crippen molar-refractivity contribution in [2.75, 3.05) is 14.2 Å². The topological polar surface area (TPSA) is 52.6 Å². The van der Waals surface area contributed by atoms with Crippen LogP contribution in [0.15, 0.2) is 0 Å². The zero-order valence-electron chi connectivity index (χ0n) is 17.0. The maximum Gasteiger partial charge on any atom is 0.308 e. The van der Waals surface area contributed by atoms with Crippen LogP contribution in [0.3, 0.4) is 0 Å². The first-order valence-corrected chi connectivity index (χ1v) is 10.2. The minimum absolute atomic E-state index is 0.0117. The van der Waals surface area contributed by atoms with E-state index in [1.165, 1.54) is 72.0 Å². The fourth-order valence-corrected chi connectivity index (χ4v) is 3.10. The van der Waals surface area contributed by atoms with E-state index in [2.05, 4.69) is 11.7 Å². The minimum atomic E-state index is -0.0888. The van der Waals surface area contributed by atoms with Crippen LogP contribution < -0.4 is 0 Å². The van der Waals surface area contributed by atoms with E-state index in [1.54, 1.807) is 0 Å². The summed E-state index contributed by atoms with van der Waals surface area (Å²) in [5.74, 6) is 0.246. The standard InChI is InChI=1S/C21H40O4/c1-18(19(2)21(23)25-4)16-14-12-10-8-6-5-7-9-11-13-15-17-20(22)24-3/h18-19H,5-17H2,1-4H3. The van der Waals surface area contributed by atoms with Crippen LogP contribution in [-0.2, 0) is 19.1 Å². The van der Waals surface area contributed by atoms with E-state index in [1.807, 2.05) is 6.92 Å². The van der Waals surface area contributed by atoms with Crippen molar-refractivity contribution in [3.63, 3.8) is 0 Å². The number of hydrogen-bond donors (Lipinski definition) is 0. The summed E-state index contributed by atoms with van der Waals surface area (Å²) >= 11 is 0. The van der Waals surface area contributed by atoms with Crippen LogP contribution in [-0.4, -0.2) is 26.2 Å². The summed E-state index contributed by atoms with van der Waals surface area (Å²) in [5, 5.41) is 0. The molecule has 0 aliphatic rings. The molecule has 0 N–H and O–H groups in total. The van der Waals surface area contributed by atoms with Gasteiger partial charge in [-0.1, -0.05) is 78.1 Å². The Kier molecular flexibility index (Phi) is 15.7. The van der Waals surface area contributed by atoms with Gasteiger partial charge in [-0.05, 0) is 18.8 Å². The van der Waals surface area contributed by atoms with E-state index in [0.29, 0.717) is 12.3 Å². The predicted molar refractivity (Wildman–Crippen MR) is 102 cm³/mol. The molecule has 2 unspecified atom stereocenters. The molecule has 4 heteroatoms. The molecule has 148 valence electrons. The van der Waals surface area contributed by atoms with Gasteiger partial charge in [0.2, 0.25) is 0 Å². The lowest BCUT2D eigenvalue weighted by Gasteiger charge is -2.17. The third-order valence-electron chi connectivity index (χ3n) is 5.19. The van der Waals surface area contributed by atoms with Crippen LogP contribution in [0.1, 0.15) is 97.3 Å². The summed E-state index contributed by atoms with van der Waals surface area (Å²) in [6, 6.07) is 0. The molecule has 0 saturated carbocycles. The highest BCUT2D eigenvalue weighted by Gasteiger charge is 2.19. The van der Waals surface area contributed by atoms with E-state index in [9.17, 15) is 9.59 Å². The highest BCUT2D eigenvalue weighted by atomic mass is 16.5. The largest absolute Gasteiger partial charge is 0.469 e. The first kappa shape index (κ1) is 23.9. The van der Waals surface area contributed by atoms with Crippen molar-refractivity contribution >= 4 is 11.9 Å². The summed E-state index contributed by atoms with van der Waals surface area (Å²) in [6.07, 6.45) is 15.4. The van der Waals surface area contributed by atoms with E-state index in [4.69, 9.17) is 4.74 Å². The molecule has 0 aromatic heterocycles. The van der Waals surface area contributed by atoms with Gasteiger partial charge in [0.15, 0.2) is 0 Å². The van der Waals surface area contributed by atoms with E-state index >= 15 is 0 Å². The third kappa shape index (κ3) is 13.9. The zero-order valence-corrected chi connectivity index (χ0v) is 17.0. The van der Waals surface area contributed by atoms with Crippen LogP contribution in [0.4, 0.5) is 0 Å². The number of ether oxygens (including phenoxy) is 2. The van der Waals surface area contributed by atoms with Crippen LogP contribution in [0, 0.1) is 11.8 Å². The van der Waals surface area contributed by atoms with E-state index in [0.717, 1.165) is 19.3 Å². The first-order chi connectivity index (χ1) is 12.0. The zero-order chi connectivity index (χ0) is 18.9. The second kappa shape index (κ2) is 16.4. The normalized spacial score (nSPS) is 13.3. The van der Waals surface area contributed by atoms with Crippen LogP contribution in [0.5, 0.6) is 0 Å². The number of carbonyl (C=O) groups excluding carboxylic acids is 2. The molecule has 4 nitrogen and oxygen atoms in total. The van der Waals surface area contributed by atoms with E-state index < -0.39 is 0 Å². The molecule has 2 atom stereocenters. The number of hydrogen-bond acceptors (Lipinski definition) is 4. The maximum absolute atomic E-state index is 11.5. The van der Waals surface area contributed by atoms with Crippen LogP contribution in [0.25, 0.3) is 0 Å². The Bertz CT molecular complexity index is 341. The van der Waals surface area contributed by atoms with Crippen molar-refractivity contribution in [1.29, 1.82) is 0 Å². The van der Waals surface area contributed by atoms with Crippen molar-refractivity contribution in [2.24, 2.45) is 11.8 Å². The third-order valence-corrected chi connectivity index (χ3v) is 5.19. The van der Waals surface area contributed by atoms with Crippen molar-refractivity contribution in [1.82, 2.24) is 0 Å². The van der Waals surface area contributed by atoms with Crippen molar-refractivity contribution in [2.45, 2.75) is 97.3 Å². The molecule has 0 amide bonds. The number of rotatable bonds is 16. The Balaban J connectivity index is 3.29. The fourth-order valence-electron chi connectivity index (χ4n) is 3.10. The minimum Gasteiger partial charge on any atom is -0.469 e. The average molecular weight is 357 g/mol. The Hall–Kier alpha value is -1.06. The molecule has 0 rings (SSSR count). The van der Waals surface area contributed by atoms with Gasteiger partial charge in [-0.25, -0.2) is 0 Å². The SMILES string of the molecule is COC(=O)CCCCCCCCCCCCCC(C)C(C)C(=O)OC. The van der Waals surface area contributed by atoms with Crippen LogP contribution >= 0.6 is 0 Å². The molecular weight excluding hydrogens is 316 g/mol. The van der Waals surface area contributed by atoms with Gasteiger partial charge in [-0.3, -0.25) is 9.59 Å². The lowest BCUT2D eigenvalue weighted by molar-refractivity contribution is -0.146. The van der Waals surface area contributed by atoms with Gasteiger partial charge in [0.05, 0.1) is 20.1 Å². The van der Waals surface area contributed by atoms with Gasteiger partial charge in [0.1, 0.15) is 0 Å². The molecule has 25 heavy (non-hydrogen) atoms. The first-order valence-electron chi connectivity index (χ1n) is 10.2. The average Bonchev–Trinajstić information content (AvgIpc) is 2.63. The molecular formula is C21H40O4. The van der Waals surface area contributed by atoms with Gasteiger partial charge >= 0.3 is 11.9 Å². The number of carbonyl (C=O) groups is 2. The van der Waals surface area contributed by atoms with Gasteiger partial charge in [-0.15, -0.1) is 0 Å². The summed E-state index contributed by atoms with van der Waals surface area (Å²) in [4.78, 5) is 22.4. The molecule has 0 saturated heterocycles. The Labute approximate surface area is 155 Å². The molecule has 0 spiro atoms. The molecule has 0 fully saturated rings. The van der Waals surface area contributed by atoms with Gasteiger partial charge in [0, 0.05) is 6.42 Å². The quantitative estimate of drug-likeness (QED) is 0.264. The summed E-state index contributed by atoms with van der Waals surface area (Å²) in [6.45, 7) is 4.11. The summed E-state index contributed by atoms with van der Waals surface area (Å²) in [5.41, 5.74) is 0. The molecule has 0 aliphatic heterocycles. The highest BCUT2D eigenvalue weighted by Crippen LogP contribution is 2.20. The van der Waals surface area contributed by atoms with Gasteiger partial charge < -0.3 is 9.47 Å². The van der Waals surface area contributed by atoms with Gasteiger partial charge in [0.25, 0.3) is 0 Å².